The van der Waals surface area contributed by atoms with E-state index in [2.05, 4.69) is 5.32 Å². The monoisotopic (exact) mass is 432 g/mol. The smallest absolute Gasteiger partial charge is 0.267 e. The van der Waals surface area contributed by atoms with Gasteiger partial charge in [0, 0.05) is 24.1 Å². The van der Waals surface area contributed by atoms with Crippen molar-refractivity contribution in [3.05, 3.63) is 86.8 Å². The number of fused-ring (bicyclic) bond motifs is 1. The third-order valence-corrected chi connectivity index (χ3v) is 5.63. The first-order chi connectivity index (χ1) is 15.5. The molecule has 7 nitrogen and oxygen atoms in total. The lowest BCUT2D eigenvalue weighted by atomic mass is 10.0. The number of ether oxygens (including phenoxy) is 1. The molecule has 0 unspecified atom stereocenters. The fourth-order valence-corrected chi connectivity index (χ4v) is 3.94. The van der Waals surface area contributed by atoms with Gasteiger partial charge in [-0.1, -0.05) is 48.5 Å². The Kier molecular flexibility index (Phi) is 6.18. The van der Waals surface area contributed by atoms with Crippen molar-refractivity contribution >= 4 is 12.2 Å². The predicted octanol–water partition coefficient (Wildman–Crippen LogP) is 2.90. The number of aromatic hydroxyl groups is 1. The van der Waals surface area contributed by atoms with E-state index in [9.17, 15) is 19.5 Å². The van der Waals surface area contributed by atoms with E-state index in [1.807, 2.05) is 36.4 Å². The molecule has 164 valence electrons. The molecule has 1 aromatic heterocycles. The van der Waals surface area contributed by atoms with Gasteiger partial charge in [0.1, 0.15) is 17.6 Å². The van der Waals surface area contributed by atoms with Crippen LogP contribution in [0.4, 0.5) is 0 Å². The molecule has 0 saturated heterocycles. The van der Waals surface area contributed by atoms with Crippen LogP contribution < -0.4 is 10.9 Å². The summed E-state index contributed by atoms with van der Waals surface area (Å²) >= 11 is 0. The number of nitrogens with one attached hydrogen (secondary N) is 1. The van der Waals surface area contributed by atoms with E-state index in [4.69, 9.17) is 4.74 Å². The Bertz CT molecular complexity index is 1210. The molecule has 32 heavy (non-hydrogen) atoms. The lowest BCUT2D eigenvalue weighted by molar-refractivity contribution is 0.0937. The van der Waals surface area contributed by atoms with Gasteiger partial charge in [-0.2, -0.15) is 0 Å². The zero-order chi connectivity index (χ0) is 22.7. The molecule has 1 amide bonds. The molecule has 3 aromatic rings. The Morgan fingerprint density at radius 3 is 2.41 bits per heavy atom. The number of carbonyl (C=O) groups excluding carboxylic acids is 2. The number of amides is 1. The zero-order valence-corrected chi connectivity index (χ0v) is 17.8. The maximum Gasteiger partial charge on any atom is 0.267 e. The van der Waals surface area contributed by atoms with Crippen LogP contribution in [0.3, 0.4) is 0 Å². The molecule has 2 aromatic carbocycles. The molecule has 0 fully saturated rings. The Hall–Kier alpha value is -3.71. The van der Waals surface area contributed by atoms with Gasteiger partial charge in [-0.25, -0.2) is 0 Å². The first-order valence-electron chi connectivity index (χ1n) is 10.5. The van der Waals surface area contributed by atoms with Gasteiger partial charge < -0.3 is 19.7 Å². The summed E-state index contributed by atoms with van der Waals surface area (Å²) in [6.45, 7) is 2.99. The molecule has 0 aliphatic carbocycles. The van der Waals surface area contributed by atoms with Crippen LogP contribution in [-0.2, 0) is 24.3 Å². The lowest BCUT2D eigenvalue weighted by Gasteiger charge is -2.24. The van der Waals surface area contributed by atoms with Crippen molar-refractivity contribution in [2.24, 2.45) is 0 Å². The first-order valence-corrected chi connectivity index (χ1v) is 10.5. The molecule has 0 spiro atoms. The molecule has 2 N–H and O–H groups in total. The van der Waals surface area contributed by atoms with Crippen LogP contribution in [0.2, 0.25) is 0 Å². The first kappa shape index (κ1) is 21.5. The Labute approximate surface area is 185 Å². The molecular weight excluding hydrogens is 408 g/mol. The molecule has 0 bridgehead atoms. The summed E-state index contributed by atoms with van der Waals surface area (Å²) in [5, 5.41) is 13.3. The summed E-state index contributed by atoms with van der Waals surface area (Å²) in [7, 11) is 0. The van der Waals surface area contributed by atoms with Crippen LogP contribution in [0.25, 0.3) is 11.1 Å². The van der Waals surface area contributed by atoms with E-state index in [1.165, 1.54) is 4.57 Å². The summed E-state index contributed by atoms with van der Waals surface area (Å²) in [5.41, 5.74) is 3.88. The normalized spacial score (nSPS) is 12.8. The predicted molar refractivity (Wildman–Crippen MR) is 120 cm³/mol. The topological polar surface area (TPSA) is 97.6 Å². The van der Waals surface area contributed by atoms with Gasteiger partial charge in [-0.15, -0.1) is 0 Å². The van der Waals surface area contributed by atoms with E-state index in [0.717, 1.165) is 23.0 Å². The highest BCUT2D eigenvalue weighted by Gasteiger charge is 2.27. The van der Waals surface area contributed by atoms with Gasteiger partial charge in [-0.3, -0.25) is 14.4 Å². The Balaban J connectivity index is 1.70. The van der Waals surface area contributed by atoms with E-state index in [1.54, 1.807) is 19.1 Å². The van der Waals surface area contributed by atoms with E-state index >= 15 is 0 Å². The number of nitrogens with zero attached hydrogens (tertiary/aromatic N) is 1. The van der Waals surface area contributed by atoms with E-state index in [0.29, 0.717) is 36.4 Å². The van der Waals surface area contributed by atoms with Crippen LogP contribution in [0.15, 0.2) is 53.3 Å². The average molecular weight is 432 g/mol. The van der Waals surface area contributed by atoms with Gasteiger partial charge in [0.25, 0.3) is 11.5 Å². The van der Waals surface area contributed by atoms with Crippen molar-refractivity contribution in [1.82, 2.24) is 9.88 Å². The second kappa shape index (κ2) is 9.20. The summed E-state index contributed by atoms with van der Waals surface area (Å²) in [6.07, 6.45) is 1.24. The third kappa shape index (κ3) is 4.07. The maximum absolute atomic E-state index is 13.2. The number of aromatic nitrogens is 1. The molecule has 1 aliphatic heterocycles. The fourth-order valence-electron chi connectivity index (χ4n) is 3.94. The number of pyridine rings is 1. The molecule has 1 aliphatic rings. The summed E-state index contributed by atoms with van der Waals surface area (Å²) in [4.78, 5) is 36.5. The number of rotatable bonds is 6. The summed E-state index contributed by atoms with van der Waals surface area (Å²) in [6, 6.07) is 15.0. The van der Waals surface area contributed by atoms with Gasteiger partial charge in [-0.05, 0) is 23.6 Å². The quantitative estimate of drug-likeness (QED) is 0.584. The maximum atomic E-state index is 13.2. The number of benzene rings is 2. The Morgan fingerprint density at radius 1 is 1.12 bits per heavy atom. The van der Waals surface area contributed by atoms with Crippen molar-refractivity contribution in [2.45, 2.75) is 26.5 Å². The second-order valence-electron chi connectivity index (χ2n) is 7.64. The molecule has 0 atom stereocenters. The highest BCUT2D eigenvalue weighted by atomic mass is 16.5. The van der Waals surface area contributed by atoms with Gasteiger partial charge >= 0.3 is 0 Å². The van der Waals surface area contributed by atoms with Crippen molar-refractivity contribution in [2.75, 3.05) is 13.2 Å². The van der Waals surface area contributed by atoms with Gasteiger partial charge in [0.05, 0.1) is 25.5 Å². The summed E-state index contributed by atoms with van der Waals surface area (Å²) < 4.78 is 7.05. The second-order valence-corrected chi connectivity index (χ2v) is 7.64. The standard InChI is InChI=1S/C25H24N2O5/c1-2-26-24(30)22-23(29)20-11-12-32-15-21(20)27(25(22)31)13-16-3-7-18(8-4-16)19-9-5-17(14-28)6-10-19/h3-10,14,29H,2,11-13,15H2,1H3,(H,26,30). The minimum absolute atomic E-state index is 0.203. The minimum Gasteiger partial charge on any atom is -0.507 e. The van der Waals surface area contributed by atoms with Crippen LogP contribution in [-0.4, -0.2) is 35.0 Å². The summed E-state index contributed by atoms with van der Waals surface area (Å²) in [5.74, 6) is -0.822. The Morgan fingerprint density at radius 2 is 1.78 bits per heavy atom. The molecule has 0 radical (unpaired) electrons. The average Bonchev–Trinajstić information content (AvgIpc) is 2.82. The molecule has 0 saturated carbocycles. The van der Waals surface area contributed by atoms with Gasteiger partial charge in [0.2, 0.25) is 0 Å². The van der Waals surface area contributed by atoms with Crippen molar-refractivity contribution < 1.29 is 19.4 Å². The fraction of sp³-hybridized carbons (Fsp3) is 0.240. The molecular formula is C25H24N2O5. The van der Waals surface area contributed by atoms with Crippen molar-refractivity contribution in [3.8, 4) is 16.9 Å². The SMILES string of the molecule is CCNC(=O)c1c(O)c2c(n(Cc3ccc(-c4ccc(C=O)cc4)cc3)c1=O)COCC2. The molecule has 4 rings (SSSR count). The van der Waals surface area contributed by atoms with E-state index < -0.39 is 11.5 Å². The van der Waals surface area contributed by atoms with Crippen molar-refractivity contribution in [3.63, 3.8) is 0 Å². The van der Waals surface area contributed by atoms with Gasteiger partial charge in [0.15, 0.2) is 0 Å². The van der Waals surface area contributed by atoms with E-state index in [-0.39, 0.29) is 24.5 Å². The van der Waals surface area contributed by atoms with Crippen LogP contribution >= 0.6 is 0 Å². The zero-order valence-electron chi connectivity index (χ0n) is 17.8. The molecule has 7 heteroatoms. The number of hydrogen-bond donors (Lipinski definition) is 2. The van der Waals surface area contributed by atoms with Crippen LogP contribution in [0.1, 0.15) is 44.5 Å². The van der Waals surface area contributed by atoms with Crippen LogP contribution in [0.5, 0.6) is 5.75 Å². The largest absolute Gasteiger partial charge is 0.507 e. The van der Waals surface area contributed by atoms with Crippen LogP contribution in [0, 0.1) is 0 Å². The number of aldehydes is 1. The number of hydrogen-bond acceptors (Lipinski definition) is 5. The minimum atomic E-state index is -0.577. The highest BCUT2D eigenvalue weighted by Crippen LogP contribution is 2.28. The lowest BCUT2D eigenvalue weighted by Crippen LogP contribution is -2.37. The molecule has 2 heterocycles. The van der Waals surface area contributed by atoms with Crippen molar-refractivity contribution in [1.29, 1.82) is 0 Å². The third-order valence-electron chi connectivity index (χ3n) is 5.63. The highest BCUT2D eigenvalue weighted by molar-refractivity contribution is 5.97. The number of carbonyl (C=O) groups is 2.